The van der Waals surface area contributed by atoms with Crippen LogP contribution in [0.4, 0.5) is 0 Å². The fraction of sp³-hybridized carbons (Fsp3) is 0.500. The highest BCUT2D eigenvalue weighted by Crippen LogP contribution is 2.33. The highest BCUT2D eigenvalue weighted by Gasteiger charge is 2.39. The molecule has 0 radical (unpaired) electrons. The van der Waals surface area contributed by atoms with Crippen molar-refractivity contribution in [2.24, 2.45) is 11.3 Å². The van der Waals surface area contributed by atoms with E-state index >= 15 is 0 Å². The van der Waals surface area contributed by atoms with Crippen molar-refractivity contribution >= 4 is 11.8 Å². The van der Waals surface area contributed by atoms with E-state index in [0.717, 1.165) is 0 Å². The average Bonchev–Trinajstić information content (AvgIpc) is 2.20. The first-order valence-corrected chi connectivity index (χ1v) is 4.24. The van der Waals surface area contributed by atoms with Crippen molar-refractivity contribution in [1.82, 2.24) is 0 Å². The van der Waals surface area contributed by atoms with Crippen molar-refractivity contribution in [1.29, 1.82) is 5.26 Å². The van der Waals surface area contributed by atoms with Gasteiger partial charge < -0.3 is 4.74 Å². The van der Waals surface area contributed by atoms with Crippen LogP contribution in [0.2, 0.25) is 0 Å². The number of carbonyl (C=O) groups is 2. The van der Waals surface area contributed by atoms with E-state index in [1.165, 1.54) is 19.3 Å². The summed E-state index contributed by atoms with van der Waals surface area (Å²) < 4.78 is 4.61. The molecule has 14 heavy (non-hydrogen) atoms. The molecule has 4 nitrogen and oxygen atoms in total. The van der Waals surface area contributed by atoms with Gasteiger partial charge in [-0.15, -0.1) is 0 Å². The average molecular weight is 193 g/mol. The van der Waals surface area contributed by atoms with Crippen LogP contribution < -0.4 is 0 Å². The predicted molar refractivity (Wildman–Crippen MR) is 48.0 cm³/mol. The number of hydrogen-bond acceptors (Lipinski definition) is 4. The van der Waals surface area contributed by atoms with E-state index < -0.39 is 17.3 Å². The van der Waals surface area contributed by atoms with E-state index in [-0.39, 0.29) is 12.2 Å². The van der Waals surface area contributed by atoms with Gasteiger partial charge in [0.2, 0.25) is 0 Å². The van der Waals surface area contributed by atoms with Gasteiger partial charge in [0.25, 0.3) is 0 Å². The lowest BCUT2D eigenvalue weighted by atomic mass is 9.75. The molecule has 74 valence electrons. The highest BCUT2D eigenvalue weighted by atomic mass is 16.5. The van der Waals surface area contributed by atoms with Gasteiger partial charge in [-0.25, -0.2) is 0 Å². The monoisotopic (exact) mass is 193 g/mol. The smallest absolute Gasteiger partial charge is 0.315 e. The Hall–Kier alpha value is -1.63. The zero-order valence-electron chi connectivity index (χ0n) is 8.11. The molecule has 0 aliphatic heterocycles. The molecule has 0 amide bonds. The SMILES string of the molecule is COC(=O)C1(C)C=CC(=O)C(C#N)C1. The van der Waals surface area contributed by atoms with Crippen molar-refractivity contribution in [2.45, 2.75) is 13.3 Å². The van der Waals surface area contributed by atoms with Crippen molar-refractivity contribution in [3.05, 3.63) is 12.2 Å². The number of esters is 1. The van der Waals surface area contributed by atoms with E-state index in [2.05, 4.69) is 4.74 Å². The van der Waals surface area contributed by atoms with Crippen molar-refractivity contribution in [3.63, 3.8) is 0 Å². The Kier molecular flexibility index (Phi) is 2.70. The standard InChI is InChI=1S/C10H11NO3/c1-10(9(13)14-2)4-3-8(12)7(5-10)6-11/h3-4,7H,5H2,1-2H3. The molecule has 0 saturated carbocycles. The summed E-state index contributed by atoms with van der Waals surface area (Å²) in [5.74, 6) is -1.39. The van der Waals surface area contributed by atoms with Gasteiger partial charge >= 0.3 is 5.97 Å². The predicted octanol–water partition coefficient (Wildman–Crippen LogP) is 0.834. The second-order valence-electron chi connectivity index (χ2n) is 3.53. The Morgan fingerprint density at radius 1 is 1.79 bits per heavy atom. The lowest BCUT2D eigenvalue weighted by molar-refractivity contribution is -0.150. The van der Waals surface area contributed by atoms with Gasteiger partial charge in [-0.2, -0.15) is 5.26 Å². The first kappa shape index (κ1) is 10.5. The van der Waals surface area contributed by atoms with E-state index in [4.69, 9.17) is 5.26 Å². The maximum absolute atomic E-state index is 11.4. The van der Waals surface area contributed by atoms with Crippen LogP contribution in [0.1, 0.15) is 13.3 Å². The number of hydrogen-bond donors (Lipinski definition) is 0. The number of allylic oxidation sites excluding steroid dienone is 1. The van der Waals surface area contributed by atoms with Crippen LogP contribution in [-0.4, -0.2) is 18.9 Å². The molecule has 1 aliphatic rings. The minimum atomic E-state index is -0.844. The van der Waals surface area contributed by atoms with Crippen LogP contribution >= 0.6 is 0 Å². The maximum atomic E-state index is 11.4. The van der Waals surface area contributed by atoms with Crippen LogP contribution in [0.15, 0.2) is 12.2 Å². The lowest BCUT2D eigenvalue weighted by Gasteiger charge is -2.27. The number of nitrogens with zero attached hydrogens (tertiary/aromatic N) is 1. The fourth-order valence-corrected chi connectivity index (χ4v) is 1.47. The molecule has 1 aliphatic carbocycles. The molecule has 2 atom stereocenters. The van der Waals surface area contributed by atoms with Gasteiger partial charge in [-0.05, 0) is 19.4 Å². The van der Waals surface area contributed by atoms with Crippen LogP contribution in [0.3, 0.4) is 0 Å². The Morgan fingerprint density at radius 3 is 2.93 bits per heavy atom. The number of ether oxygens (including phenoxy) is 1. The minimum Gasteiger partial charge on any atom is -0.468 e. The second-order valence-corrected chi connectivity index (χ2v) is 3.53. The first-order valence-electron chi connectivity index (χ1n) is 4.24. The Bertz CT molecular complexity index is 340. The number of carbonyl (C=O) groups excluding carboxylic acids is 2. The molecule has 0 fully saturated rings. The summed E-state index contributed by atoms with van der Waals surface area (Å²) in [4.78, 5) is 22.5. The molecule has 4 heteroatoms. The molecule has 0 aromatic rings. The first-order chi connectivity index (χ1) is 6.53. The molecule has 2 unspecified atom stereocenters. The third-order valence-electron chi connectivity index (χ3n) is 2.39. The summed E-state index contributed by atoms with van der Waals surface area (Å²) in [6.07, 6.45) is 2.99. The number of ketones is 1. The quantitative estimate of drug-likeness (QED) is 0.578. The van der Waals surface area contributed by atoms with E-state index in [9.17, 15) is 9.59 Å². The van der Waals surface area contributed by atoms with Gasteiger partial charge in [0.1, 0.15) is 5.92 Å². The largest absolute Gasteiger partial charge is 0.468 e. The highest BCUT2D eigenvalue weighted by molar-refractivity contribution is 5.96. The zero-order chi connectivity index (χ0) is 10.8. The lowest BCUT2D eigenvalue weighted by Crippen LogP contribution is -2.34. The Labute approximate surface area is 82.2 Å². The normalized spacial score (nSPS) is 30.9. The van der Waals surface area contributed by atoms with Crippen molar-refractivity contribution < 1.29 is 14.3 Å². The fourth-order valence-electron chi connectivity index (χ4n) is 1.47. The van der Waals surface area contributed by atoms with Crippen LogP contribution in [-0.2, 0) is 14.3 Å². The topological polar surface area (TPSA) is 67.2 Å². The van der Waals surface area contributed by atoms with Crippen LogP contribution in [0.25, 0.3) is 0 Å². The van der Waals surface area contributed by atoms with E-state index in [1.54, 1.807) is 6.92 Å². The van der Waals surface area contributed by atoms with Gasteiger partial charge in [0.15, 0.2) is 5.78 Å². The molecule has 0 aromatic carbocycles. The van der Waals surface area contributed by atoms with Crippen molar-refractivity contribution in [3.8, 4) is 6.07 Å². The molecular weight excluding hydrogens is 182 g/mol. The molecule has 0 N–H and O–H groups in total. The zero-order valence-corrected chi connectivity index (χ0v) is 8.11. The summed E-state index contributed by atoms with van der Waals surface area (Å²) in [5, 5.41) is 8.69. The molecular formula is C10H11NO3. The molecule has 0 saturated heterocycles. The minimum absolute atomic E-state index is 0.200. The van der Waals surface area contributed by atoms with Gasteiger partial charge in [0.05, 0.1) is 18.6 Å². The summed E-state index contributed by atoms with van der Waals surface area (Å²) >= 11 is 0. The van der Waals surface area contributed by atoms with E-state index in [1.807, 2.05) is 6.07 Å². The van der Waals surface area contributed by atoms with Gasteiger partial charge in [-0.1, -0.05) is 6.08 Å². The Morgan fingerprint density at radius 2 is 2.43 bits per heavy atom. The van der Waals surface area contributed by atoms with Crippen molar-refractivity contribution in [2.75, 3.05) is 7.11 Å². The van der Waals surface area contributed by atoms with Crippen LogP contribution in [0, 0.1) is 22.7 Å². The maximum Gasteiger partial charge on any atom is 0.315 e. The van der Waals surface area contributed by atoms with E-state index in [0.29, 0.717) is 0 Å². The van der Waals surface area contributed by atoms with Gasteiger partial charge in [-0.3, -0.25) is 9.59 Å². The van der Waals surface area contributed by atoms with Gasteiger partial charge in [0, 0.05) is 0 Å². The van der Waals surface area contributed by atoms with Crippen LogP contribution in [0.5, 0.6) is 0 Å². The molecule has 0 heterocycles. The molecule has 0 aromatic heterocycles. The third-order valence-corrected chi connectivity index (χ3v) is 2.39. The summed E-state index contributed by atoms with van der Waals surface area (Å²) in [7, 11) is 1.29. The second kappa shape index (κ2) is 3.62. The third kappa shape index (κ3) is 1.67. The molecule has 0 bridgehead atoms. The summed E-state index contributed by atoms with van der Waals surface area (Å²) in [5.41, 5.74) is -0.844. The summed E-state index contributed by atoms with van der Waals surface area (Å²) in [6, 6.07) is 1.88. The summed E-state index contributed by atoms with van der Waals surface area (Å²) in [6.45, 7) is 1.66. The Balaban J connectivity index is 2.96. The number of rotatable bonds is 1. The number of nitriles is 1. The molecule has 1 rings (SSSR count). The molecule has 0 spiro atoms. The number of methoxy groups -OCH3 is 1.